The van der Waals surface area contributed by atoms with Crippen LogP contribution in [0, 0.1) is 0 Å². The van der Waals surface area contributed by atoms with Gasteiger partial charge < -0.3 is 34.7 Å². The Hall–Kier alpha value is -4.35. The number of benzene rings is 1. The molecule has 2 rings (SSSR count). The number of aryl methyl sites for hydroxylation is 1. The second-order valence-electron chi connectivity index (χ2n) is 16.0. The van der Waals surface area contributed by atoms with E-state index in [1.165, 1.54) is 6.20 Å². The quantitative estimate of drug-likeness (QED) is 0.188. The Balaban J connectivity index is 2.58. The zero-order valence-corrected chi connectivity index (χ0v) is 31.1. The van der Waals surface area contributed by atoms with Crippen molar-refractivity contribution in [3.8, 4) is 5.75 Å². The molecule has 2 N–H and O–H groups in total. The van der Waals surface area contributed by atoms with Crippen molar-refractivity contribution >= 4 is 24.1 Å². The largest absolute Gasteiger partial charge is 0.868 e. The predicted octanol–water partition coefficient (Wildman–Crippen LogP) is 5.04. The molecule has 0 spiro atoms. The Kier molecular flexibility index (Phi) is 13.6. The molecule has 1 aromatic carbocycles. The van der Waals surface area contributed by atoms with Gasteiger partial charge in [-0.2, -0.15) is 0 Å². The van der Waals surface area contributed by atoms with Crippen LogP contribution in [0.4, 0.5) is 9.59 Å². The number of esters is 2. The van der Waals surface area contributed by atoms with Crippen molar-refractivity contribution in [1.82, 2.24) is 10.6 Å². The number of alkyl carbamates (subject to hydrolysis) is 2. The first-order valence-electron chi connectivity index (χ1n) is 16.5. The summed E-state index contributed by atoms with van der Waals surface area (Å²) in [6, 6.07) is 7.14. The highest BCUT2D eigenvalue weighted by molar-refractivity contribution is 5.83. The highest BCUT2D eigenvalue weighted by Gasteiger charge is 2.32. The molecule has 1 aromatic heterocycles. The molecule has 0 saturated carbocycles. The monoisotopic (exact) mass is 685 g/mol. The number of nitrogens with one attached hydrogen (secondary N) is 2. The summed E-state index contributed by atoms with van der Waals surface area (Å²) in [5, 5.41) is 19.0. The molecule has 49 heavy (non-hydrogen) atoms. The zero-order valence-electron chi connectivity index (χ0n) is 31.1. The van der Waals surface area contributed by atoms with Gasteiger partial charge in [0.1, 0.15) is 34.5 Å². The third-order valence-electron chi connectivity index (χ3n) is 6.37. The fourth-order valence-corrected chi connectivity index (χ4v) is 4.63. The highest BCUT2D eigenvalue weighted by Crippen LogP contribution is 2.23. The second-order valence-corrected chi connectivity index (χ2v) is 16.0. The van der Waals surface area contributed by atoms with Crippen molar-refractivity contribution < 1.29 is 47.8 Å². The fraction of sp³-hybridized carbons (Fsp3) is 0.595. The lowest BCUT2D eigenvalue weighted by molar-refractivity contribution is -0.691. The van der Waals surface area contributed by atoms with Gasteiger partial charge in [-0.3, -0.25) is 0 Å². The van der Waals surface area contributed by atoms with Gasteiger partial charge in [-0.1, -0.05) is 30.3 Å². The molecule has 0 aliphatic heterocycles. The molecule has 1 heterocycles. The number of amides is 2. The highest BCUT2D eigenvalue weighted by atomic mass is 16.6. The van der Waals surface area contributed by atoms with Crippen LogP contribution < -0.4 is 20.3 Å². The standard InChI is InChI=1S/C37H55N3O9/c1-34(2,3)46-30(42)27(38-32(44)48-36(7,8)9)19-18-25-22-40(21-24-16-14-13-15-17-24)23-29(41)26(25)20-28(31(43)47-35(4,5)6)39-33(45)49-37(10,11)12/h13-17,22-23,27-28H,18-21H2,1-12H3,(H2-,38,39,41,44,45)/t27-,28-/m1/s1. The zero-order chi connectivity index (χ0) is 37.4. The van der Waals surface area contributed by atoms with Crippen LogP contribution in [0.2, 0.25) is 0 Å². The van der Waals surface area contributed by atoms with Gasteiger partial charge in [0.15, 0.2) is 18.9 Å². The molecule has 12 nitrogen and oxygen atoms in total. The van der Waals surface area contributed by atoms with Gasteiger partial charge in [0, 0.05) is 17.5 Å². The van der Waals surface area contributed by atoms with E-state index >= 15 is 0 Å². The maximum atomic E-state index is 13.8. The average Bonchev–Trinajstić information content (AvgIpc) is 2.88. The average molecular weight is 686 g/mol. The molecule has 0 radical (unpaired) electrons. The van der Waals surface area contributed by atoms with Crippen molar-refractivity contribution in [1.29, 1.82) is 0 Å². The fourth-order valence-electron chi connectivity index (χ4n) is 4.63. The lowest BCUT2D eigenvalue weighted by Crippen LogP contribution is -2.48. The number of ether oxygens (including phenoxy) is 4. The molecule has 2 aromatic rings. The molecule has 2 amide bonds. The number of carbonyl (C=O) groups excluding carboxylic acids is 4. The van der Waals surface area contributed by atoms with Crippen LogP contribution in [-0.2, 0) is 47.9 Å². The SMILES string of the molecule is CC(C)(C)OC(=O)N[C@H](CCc1c[n+](Cc2ccccc2)cc([O-])c1C[C@@H](NC(=O)OC(C)(C)C)C(=O)OC(C)(C)C)C(=O)OC(C)(C)C. The summed E-state index contributed by atoms with van der Waals surface area (Å²) in [4.78, 5) is 52.3. The van der Waals surface area contributed by atoms with E-state index in [4.69, 9.17) is 18.9 Å². The molecule has 2 atom stereocenters. The number of nitrogens with zero attached hydrogens (tertiary/aromatic N) is 1. The number of rotatable bonds is 11. The van der Waals surface area contributed by atoms with Crippen molar-refractivity contribution in [3.05, 3.63) is 59.4 Å². The third kappa shape index (κ3) is 16.1. The summed E-state index contributed by atoms with van der Waals surface area (Å²) in [6.45, 7) is 20.8. The molecule has 0 aliphatic carbocycles. The van der Waals surface area contributed by atoms with E-state index in [1.807, 2.05) is 30.3 Å². The topological polar surface area (TPSA) is 156 Å². The van der Waals surface area contributed by atoms with Gasteiger partial charge >= 0.3 is 24.1 Å². The first-order valence-corrected chi connectivity index (χ1v) is 16.5. The Morgan fingerprint density at radius 1 is 0.673 bits per heavy atom. The van der Waals surface area contributed by atoms with Crippen LogP contribution in [0.5, 0.6) is 5.75 Å². The van der Waals surface area contributed by atoms with E-state index in [1.54, 1.807) is 93.8 Å². The van der Waals surface area contributed by atoms with Crippen LogP contribution in [0.1, 0.15) is 106 Å². The van der Waals surface area contributed by atoms with E-state index < -0.39 is 58.6 Å². The van der Waals surface area contributed by atoms with Gasteiger partial charge in [0.2, 0.25) is 0 Å². The van der Waals surface area contributed by atoms with E-state index in [2.05, 4.69) is 10.6 Å². The molecular weight excluding hydrogens is 630 g/mol. The van der Waals surface area contributed by atoms with E-state index in [0.29, 0.717) is 12.1 Å². The van der Waals surface area contributed by atoms with Gasteiger partial charge in [0.05, 0.1) is 0 Å². The molecule has 0 fully saturated rings. The van der Waals surface area contributed by atoms with Crippen LogP contribution in [-0.4, -0.2) is 58.6 Å². The van der Waals surface area contributed by atoms with Crippen LogP contribution >= 0.6 is 0 Å². The summed E-state index contributed by atoms with van der Waals surface area (Å²) < 4.78 is 23.7. The molecule has 0 unspecified atom stereocenters. The summed E-state index contributed by atoms with van der Waals surface area (Å²) in [5.74, 6) is -1.81. The lowest BCUT2D eigenvalue weighted by atomic mass is 9.96. The molecular formula is C37H55N3O9. The van der Waals surface area contributed by atoms with Crippen LogP contribution in [0.25, 0.3) is 0 Å². The number of carbonyl (C=O) groups is 4. The summed E-state index contributed by atoms with van der Waals surface area (Å²) in [7, 11) is 0. The van der Waals surface area contributed by atoms with E-state index in [0.717, 1.165) is 5.56 Å². The van der Waals surface area contributed by atoms with Crippen molar-refractivity contribution in [2.75, 3.05) is 0 Å². The van der Waals surface area contributed by atoms with Crippen molar-refractivity contribution in [2.24, 2.45) is 0 Å². The van der Waals surface area contributed by atoms with Crippen LogP contribution in [0.15, 0.2) is 42.7 Å². The normalized spacial score (nSPS) is 13.5. The number of hydrogen-bond acceptors (Lipinski definition) is 9. The first-order chi connectivity index (χ1) is 22.3. The molecule has 0 aliphatic rings. The van der Waals surface area contributed by atoms with E-state index in [-0.39, 0.29) is 30.6 Å². The molecule has 12 heteroatoms. The Morgan fingerprint density at radius 2 is 1.12 bits per heavy atom. The maximum absolute atomic E-state index is 13.8. The first kappa shape index (κ1) is 40.8. The van der Waals surface area contributed by atoms with Crippen molar-refractivity contribution in [2.45, 2.75) is 143 Å². The molecule has 272 valence electrons. The van der Waals surface area contributed by atoms with Crippen molar-refractivity contribution in [3.63, 3.8) is 0 Å². The van der Waals surface area contributed by atoms with Gasteiger partial charge in [-0.25, -0.2) is 23.7 Å². The Bertz CT molecular complexity index is 1450. The second kappa shape index (κ2) is 16.4. The Morgan fingerprint density at radius 3 is 1.59 bits per heavy atom. The molecule has 0 bridgehead atoms. The van der Waals surface area contributed by atoms with E-state index in [9.17, 15) is 24.3 Å². The lowest BCUT2D eigenvalue weighted by Gasteiger charge is -2.28. The van der Waals surface area contributed by atoms with Gasteiger partial charge in [-0.05, 0) is 107 Å². The molecule has 0 saturated heterocycles. The minimum absolute atomic E-state index is 0.0343. The summed E-state index contributed by atoms with van der Waals surface area (Å²) >= 11 is 0. The number of pyridine rings is 1. The van der Waals surface area contributed by atoms with Gasteiger partial charge in [-0.15, -0.1) is 0 Å². The predicted molar refractivity (Wildman–Crippen MR) is 182 cm³/mol. The number of hydrogen-bond donors (Lipinski definition) is 2. The van der Waals surface area contributed by atoms with Gasteiger partial charge in [0.25, 0.3) is 0 Å². The minimum atomic E-state index is -1.27. The third-order valence-corrected chi connectivity index (χ3v) is 6.37. The Labute approximate surface area is 290 Å². The smallest absolute Gasteiger partial charge is 0.408 e. The minimum Gasteiger partial charge on any atom is -0.868 e. The number of aromatic nitrogens is 1. The maximum Gasteiger partial charge on any atom is 0.408 e. The summed E-state index contributed by atoms with van der Waals surface area (Å²) in [5.41, 5.74) is -1.69. The van der Waals surface area contributed by atoms with Crippen LogP contribution in [0.3, 0.4) is 0 Å². The summed E-state index contributed by atoms with van der Waals surface area (Å²) in [6.07, 6.45) is 1.48.